The Balaban J connectivity index is 1.55. The average molecular weight is 518 g/mol. The van der Waals surface area contributed by atoms with Crippen molar-refractivity contribution in [2.45, 2.75) is 12.6 Å². The van der Waals surface area contributed by atoms with Crippen molar-refractivity contribution in [3.05, 3.63) is 39.4 Å². The van der Waals surface area contributed by atoms with Crippen LogP contribution in [0.25, 0.3) is 16.2 Å². The van der Waals surface area contributed by atoms with Crippen LogP contribution in [0, 0.1) is 0 Å². The van der Waals surface area contributed by atoms with E-state index < -0.39 is 17.8 Å². The number of hydrogen-bond donors (Lipinski definition) is 1. The number of aromatic nitrogens is 3. The third kappa shape index (κ3) is 4.92. The van der Waals surface area contributed by atoms with Crippen LogP contribution in [0.4, 0.5) is 13.2 Å². The number of alkyl halides is 3. The summed E-state index contributed by atoms with van der Waals surface area (Å²) < 4.78 is 47.2. The predicted molar refractivity (Wildman–Crippen MR) is 113 cm³/mol. The molecular formula is C19H19BrF3N5O2S. The number of ether oxygens (including phenoxy) is 1. The van der Waals surface area contributed by atoms with Crippen LogP contribution < -0.4 is 5.32 Å². The summed E-state index contributed by atoms with van der Waals surface area (Å²) in [6, 6.07) is 4.37. The minimum Gasteiger partial charge on any atom is -0.379 e. The Hall–Kier alpha value is -2.02. The largest absolute Gasteiger partial charge is 0.433 e. The fourth-order valence-electron chi connectivity index (χ4n) is 3.30. The van der Waals surface area contributed by atoms with E-state index in [0.29, 0.717) is 35.6 Å². The highest BCUT2D eigenvalue weighted by Gasteiger charge is 2.36. The Bertz CT molecular complexity index is 1060. The van der Waals surface area contributed by atoms with Crippen molar-refractivity contribution >= 4 is 38.8 Å². The summed E-state index contributed by atoms with van der Waals surface area (Å²) in [4.78, 5) is 19.8. The fourth-order valence-corrected chi connectivity index (χ4v) is 4.50. The lowest BCUT2D eigenvalue weighted by Crippen LogP contribution is -2.38. The molecule has 3 aromatic heterocycles. The van der Waals surface area contributed by atoms with Crippen LogP contribution >= 0.6 is 27.3 Å². The van der Waals surface area contributed by atoms with E-state index in [9.17, 15) is 18.0 Å². The van der Waals surface area contributed by atoms with Crippen molar-refractivity contribution in [3.8, 4) is 10.6 Å². The van der Waals surface area contributed by atoms with E-state index in [1.54, 1.807) is 17.5 Å². The molecule has 1 amide bonds. The quantitative estimate of drug-likeness (QED) is 0.505. The molecule has 0 aromatic carbocycles. The van der Waals surface area contributed by atoms with Gasteiger partial charge < -0.3 is 10.1 Å². The summed E-state index contributed by atoms with van der Waals surface area (Å²) in [5.74, 6) is -0.551. The smallest absolute Gasteiger partial charge is 0.379 e. The highest BCUT2D eigenvalue weighted by atomic mass is 79.9. The number of nitrogens with one attached hydrogen (secondary N) is 1. The van der Waals surface area contributed by atoms with E-state index in [4.69, 9.17) is 4.74 Å². The first-order valence-electron chi connectivity index (χ1n) is 9.63. The van der Waals surface area contributed by atoms with E-state index in [2.05, 4.69) is 36.2 Å². The summed E-state index contributed by atoms with van der Waals surface area (Å²) in [5.41, 5.74) is -1.01. The molecule has 1 aliphatic rings. The van der Waals surface area contributed by atoms with Gasteiger partial charge in [-0.1, -0.05) is 6.07 Å². The van der Waals surface area contributed by atoms with Gasteiger partial charge in [0, 0.05) is 19.6 Å². The van der Waals surface area contributed by atoms with Gasteiger partial charge in [0.25, 0.3) is 5.91 Å². The lowest BCUT2D eigenvalue weighted by Gasteiger charge is -2.26. The van der Waals surface area contributed by atoms with Crippen LogP contribution in [0.2, 0.25) is 0 Å². The standard InChI is InChI=1S/C19H19BrF3N5O2S/c20-15-16(18(29)24-4-2-5-27-6-8-30-9-7-27)26-28-14(19(21,22)23)11-12(25-17(15)28)13-3-1-10-31-13/h1,3,10-11H,2,4-9H2,(H,24,29). The van der Waals surface area contributed by atoms with Crippen molar-refractivity contribution in [1.29, 1.82) is 0 Å². The van der Waals surface area contributed by atoms with E-state index in [1.165, 1.54) is 11.3 Å². The number of halogens is 4. The van der Waals surface area contributed by atoms with Crippen LogP contribution in [0.15, 0.2) is 28.1 Å². The second-order valence-electron chi connectivity index (χ2n) is 6.96. The van der Waals surface area contributed by atoms with Gasteiger partial charge in [-0.3, -0.25) is 9.69 Å². The molecule has 0 saturated carbocycles. The molecule has 166 valence electrons. The Kier molecular flexibility index (Phi) is 6.60. The number of hydrogen-bond acceptors (Lipinski definition) is 6. The summed E-state index contributed by atoms with van der Waals surface area (Å²) in [5, 5.41) is 8.41. The molecule has 0 spiro atoms. The molecule has 1 saturated heterocycles. The van der Waals surface area contributed by atoms with Gasteiger partial charge in [0.15, 0.2) is 17.0 Å². The van der Waals surface area contributed by atoms with E-state index >= 15 is 0 Å². The maximum atomic E-state index is 13.7. The van der Waals surface area contributed by atoms with E-state index in [-0.39, 0.29) is 21.5 Å². The van der Waals surface area contributed by atoms with Crippen LogP contribution in [0.5, 0.6) is 0 Å². The van der Waals surface area contributed by atoms with Gasteiger partial charge in [0.2, 0.25) is 0 Å². The van der Waals surface area contributed by atoms with Crippen LogP contribution in [0.1, 0.15) is 22.6 Å². The molecule has 12 heteroatoms. The molecule has 4 rings (SSSR count). The number of thiophene rings is 1. The highest BCUT2D eigenvalue weighted by Crippen LogP contribution is 2.35. The molecule has 31 heavy (non-hydrogen) atoms. The number of carbonyl (C=O) groups excluding carboxylic acids is 1. The second-order valence-corrected chi connectivity index (χ2v) is 8.70. The molecule has 0 radical (unpaired) electrons. The molecule has 0 bridgehead atoms. The van der Waals surface area contributed by atoms with Gasteiger partial charge in [-0.05, 0) is 46.4 Å². The summed E-state index contributed by atoms with van der Waals surface area (Å²) in [6.07, 6.45) is -3.95. The number of rotatable bonds is 6. The fraction of sp³-hybridized carbons (Fsp3) is 0.421. The first-order chi connectivity index (χ1) is 14.8. The van der Waals surface area contributed by atoms with Gasteiger partial charge in [-0.2, -0.15) is 18.3 Å². The zero-order valence-electron chi connectivity index (χ0n) is 16.3. The molecule has 0 unspecified atom stereocenters. The summed E-state index contributed by atoms with van der Waals surface area (Å²) in [7, 11) is 0. The van der Waals surface area contributed by atoms with Crippen LogP contribution in [-0.2, 0) is 10.9 Å². The SMILES string of the molecule is O=C(NCCCN1CCOCC1)c1nn2c(C(F)(F)F)cc(-c3cccs3)nc2c1Br. The third-order valence-corrected chi connectivity index (χ3v) is 6.47. The van der Waals surface area contributed by atoms with Crippen molar-refractivity contribution in [2.75, 3.05) is 39.4 Å². The van der Waals surface area contributed by atoms with Gasteiger partial charge >= 0.3 is 6.18 Å². The number of fused-ring (bicyclic) bond motifs is 1. The Labute approximate surface area is 188 Å². The monoisotopic (exact) mass is 517 g/mol. The molecule has 0 aliphatic carbocycles. The highest BCUT2D eigenvalue weighted by molar-refractivity contribution is 9.10. The second kappa shape index (κ2) is 9.23. The van der Waals surface area contributed by atoms with Crippen molar-refractivity contribution in [3.63, 3.8) is 0 Å². The predicted octanol–water partition coefficient (Wildman–Crippen LogP) is 3.69. The van der Waals surface area contributed by atoms with Crippen molar-refractivity contribution in [1.82, 2.24) is 24.8 Å². The zero-order chi connectivity index (χ0) is 22.0. The lowest BCUT2D eigenvalue weighted by atomic mass is 10.2. The number of amides is 1. The minimum atomic E-state index is -4.66. The molecule has 0 atom stereocenters. The molecule has 3 aromatic rings. The topological polar surface area (TPSA) is 71.8 Å². The maximum absolute atomic E-state index is 13.7. The maximum Gasteiger partial charge on any atom is 0.433 e. The van der Waals surface area contributed by atoms with E-state index in [0.717, 1.165) is 25.7 Å². The molecule has 1 aliphatic heterocycles. The first kappa shape index (κ1) is 22.2. The van der Waals surface area contributed by atoms with Crippen molar-refractivity contribution < 1.29 is 22.7 Å². The molecule has 7 nitrogen and oxygen atoms in total. The van der Waals surface area contributed by atoms with Crippen LogP contribution in [-0.4, -0.2) is 64.8 Å². The summed E-state index contributed by atoms with van der Waals surface area (Å²) >= 11 is 4.51. The Morgan fingerprint density at radius 3 is 2.77 bits per heavy atom. The first-order valence-corrected chi connectivity index (χ1v) is 11.3. The molecule has 4 heterocycles. The van der Waals surface area contributed by atoms with Gasteiger partial charge in [0.1, 0.15) is 0 Å². The molecular weight excluding hydrogens is 499 g/mol. The van der Waals surface area contributed by atoms with Crippen molar-refractivity contribution in [2.24, 2.45) is 0 Å². The number of carbonyl (C=O) groups is 1. The van der Waals surface area contributed by atoms with Gasteiger partial charge in [-0.25, -0.2) is 9.50 Å². The average Bonchev–Trinajstić information content (AvgIpc) is 3.39. The number of morpholine rings is 1. The third-order valence-electron chi connectivity index (χ3n) is 4.85. The molecule has 1 N–H and O–H groups in total. The zero-order valence-corrected chi connectivity index (χ0v) is 18.7. The van der Waals surface area contributed by atoms with Crippen LogP contribution in [0.3, 0.4) is 0 Å². The van der Waals surface area contributed by atoms with Gasteiger partial charge in [-0.15, -0.1) is 11.3 Å². The Morgan fingerprint density at radius 2 is 2.10 bits per heavy atom. The Morgan fingerprint density at radius 1 is 1.32 bits per heavy atom. The lowest BCUT2D eigenvalue weighted by molar-refractivity contribution is -0.142. The van der Waals surface area contributed by atoms with E-state index in [1.807, 2.05) is 0 Å². The number of nitrogens with zero attached hydrogens (tertiary/aromatic N) is 4. The normalized spacial score (nSPS) is 15.5. The minimum absolute atomic E-state index is 0.0586. The van der Waals surface area contributed by atoms with Gasteiger partial charge in [0.05, 0.1) is 28.3 Å². The summed E-state index contributed by atoms with van der Waals surface area (Å²) in [6.45, 7) is 4.29. The molecule has 1 fully saturated rings.